The third kappa shape index (κ3) is 6.09. The largest absolute Gasteiger partial charge is 0.347 e. The van der Waals surface area contributed by atoms with Gasteiger partial charge in [-0.3, -0.25) is 9.78 Å². The zero-order valence-electron chi connectivity index (χ0n) is 19.6. The monoisotopic (exact) mass is 507 g/mol. The number of rotatable bonds is 6. The average Bonchev–Trinajstić information content (AvgIpc) is 3.32. The Hall–Kier alpha value is -2.76. The van der Waals surface area contributed by atoms with Crippen molar-refractivity contribution in [1.82, 2.24) is 9.97 Å². The molecule has 8 nitrogen and oxygen atoms in total. The zero-order valence-corrected chi connectivity index (χ0v) is 20.4. The highest BCUT2D eigenvalue weighted by molar-refractivity contribution is 7.90. The van der Waals surface area contributed by atoms with E-state index in [9.17, 15) is 22.0 Å². The zero-order chi connectivity index (χ0) is 25.4. The molecule has 3 atom stereocenters. The number of alkyl halides is 2. The number of allylic oxidation sites excluding steroid dienone is 1. The standard InChI is InChI=1S/C24H27F2N3O5S/c1-24(2)33-13-21(34-24)20-11-28-22(12-27-20)29-23(30)17(8-14-9-18(25)19(26)10-14)15-4-6-16(7-5-15)35(3,31)32/h4-8,11-12,14,18-19,21H,9-10,13H2,1-3H3,(H,28,29,30)/b17-8+/t14?,18?,19?,21-/m0/s1. The molecule has 1 aromatic carbocycles. The van der Waals surface area contributed by atoms with Crippen molar-refractivity contribution < 1.29 is 31.5 Å². The maximum atomic E-state index is 13.8. The predicted octanol–water partition coefficient (Wildman–Crippen LogP) is 3.81. The maximum absolute atomic E-state index is 13.8. The molecule has 2 aliphatic rings. The molecule has 1 saturated heterocycles. The number of benzene rings is 1. The molecular formula is C24H27F2N3O5S. The molecule has 0 spiro atoms. The molecule has 2 heterocycles. The fourth-order valence-corrected chi connectivity index (χ4v) is 4.74. The van der Waals surface area contributed by atoms with Gasteiger partial charge in [0, 0.05) is 11.8 Å². The summed E-state index contributed by atoms with van der Waals surface area (Å²) in [5.74, 6) is -1.58. The van der Waals surface area contributed by atoms with Crippen molar-refractivity contribution in [1.29, 1.82) is 0 Å². The Kier molecular flexibility index (Phi) is 7.03. The van der Waals surface area contributed by atoms with Gasteiger partial charge in [-0.2, -0.15) is 0 Å². The van der Waals surface area contributed by atoms with E-state index in [4.69, 9.17) is 9.47 Å². The normalized spacial score (nSPS) is 26.6. The SMILES string of the molecule is CC1(C)OC[C@@H](c2cnc(NC(=O)/C(=C/C3CC(F)C(F)C3)c3ccc(S(C)(=O)=O)cc3)cn2)O1. The number of nitrogens with one attached hydrogen (secondary N) is 1. The van der Waals surface area contributed by atoms with Crippen molar-refractivity contribution in [3.8, 4) is 0 Å². The number of aromatic nitrogens is 2. The number of carbonyl (C=O) groups excluding carboxylic acids is 1. The number of hydrogen-bond acceptors (Lipinski definition) is 7. The number of nitrogens with zero attached hydrogens (tertiary/aromatic N) is 2. The summed E-state index contributed by atoms with van der Waals surface area (Å²) < 4.78 is 62.4. The summed E-state index contributed by atoms with van der Waals surface area (Å²) in [5, 5.41) is 2.66. The summed E-state index contributed by atoms with van der Waals surface area (Å²) in [6.45, 7) is 3.92. The van der Waals surface area contributed by atoms with Crippen molar-refractivity contribution in [3.05, 3.63) is 54.0 Å². The van der Waals surface area contributed by atoms with E-state index in [1.807, 2.05) is 0 Å². The second-order valence-electron chi connectivity index (χ2n) is 9.24. The number of carbonyl (C=O) groups is 1. The van der Waals surface area contributed by atoms with Gasteiger partial charge in [-0.15, -0.1) is 0 Å². The fourth-order valence-electron chi connectivity index (χ4n) is 4.11. The Labute approximate surface area is 202 Å². The first-order valence-corrected chi connectivity index (χ1v) is 13.1. The lowest BCUT2D eigenvalue weighted by atomic mass is 9.98. The minimum atomic E-state index is -3.43. The molecule has 1 aromatic heterocycles. The van der Waals surface area contributed by atoms with Crippen LogP contribution in [0.2, 0.25) is 0 Å². The Morgan fingerprint density at radius 2 is 1.77 bits per heavy atom. The number of anilines is 1. The highest BCUT2D eigenvalue weighted by Crippen LogP contribution is 2.34. The van der Waals surface area contributed by atoms with E-state index in [0.717, 1.165) is 6.26 Å². The summed E-state index contributed by atoms with van der Waals surface area (Å²) >= 11 is 0. The van der Waals surface area contributed by atoms with Crippen molar-refractivity contribution in [2.75, 3.05) is 18.2 Å². The van der Waals surface area contributed by atoms with Crippen LogP contribution in [0.1, 0.15) is 44.1 Å². The second kappa shape index (κ2) is 9.71. The smallest absolute Gasteiger partial charge is 0.257 e. The van der Waals surface area contributed by atoms with E-state index >= 15 is 0 Å². The molecule has 1 aliphatic heterocycles. The number of halogens is 2. The van der Waals surface area contributed by atoms with Crippen LogP contribution in [-0.2, 0) is 24.1 Å². The first kappa shape index (κ1) is 25.3. The van der Waals surface area contributed by atoms with E-state index in [2.05, 4.69) is 15.3 Å². The molecule has 0 bridgehead atoms. The van der Waals surface area contributed by atoms with E-state index in [1.165, 1.54) is 42.7 Å². The van der Waals surface area contributed by atoms with Crippen LogP contribution in [0.3, 0.4) is 0 Å². The maximum Gasteiger partial charge on any atom is 0.257 e. The van der Waals surface area contributed by atoms with Gasteiger partial charge >= 0.3 is 0 Å². The molecule has 1 N–H and O–H groups in total. The highest BCUT2D eigenvalue weighted by atomic mass is 32.2. The first-order valence-electron chi connectivity index (χ1n) is 11.2. The van der Waals surface area contributed by atoms with Gasteiger partial charge in [-0.05, 0) is 50.3 Å². The molecule has 2 fully saturated rings. The van der Waals surface area contributed by atoms with Crippen LogP contribution in [0.4, 0.5) is 14.6 Å². The van der Waals surface area contributed by atoms with Gasteiger partial charge in [0.2, 0.25) is 0 Å². The molecule has 4 rings (SSSR count). The van der Waals surface area contributed by atoms with E-state index in [0.29, 0.717) is 17.9 Å². The van der Waals surface area contributed by atoms with Crippen LogP contribution in [0.25, 0.3) is 5.57 Å². The molecule has 1 amide bonds. The number of amides is 1. The van der Waals surface area contributed by atoms with Crippen molar-refractivity contribution in [2.24, 2.45) is 5.92 Å². The van der Waals surface area contributed by atoms with Gasteiger partial charge in [0.15, 0.2) is 21.4 Å². The van der Waals surface area contributed by atoms with Gasteiger partial charge in [-0.25, -0.2) is 22.2 Å². The summed E-state index contributed by atoms with van der Waals surface area (Å²) in [5.41, 5.74) is 1.13. The van der Waals surface area contributed by atoms with Gasteiger partial charge in [0.1, 0.15) is 18.4 Å². The summed E-state index contributed by atoms with van der Waals surface area (Å²) in [7, 11) is -3.43. The van der Waals surface area contributed by atoms with E-state index < -0.39 is 39.8 Å². The molecular weight excluding hydrogens is 480 g/mol. The molecule has 1 saturated carbocycles. The Balaban J connectivity index is 1.55. The number of hydrogen-bond donors (Lipinski definition) is 1. The number of sulfone groups is 1. The van der Waals surface area contributed by atoms with E-state index in [1.54, 1.807) is 13.8 Å². The van der Waals surface area contributed by atoms with Crippen molar-refractivity contribution in [3.63, 3.8) is 0 Å². The average molecular weight is 508 g/mol. The van der Waals surface area contributed by atoms with Crippen molar-refractivity contribution >= 4 is 27.1 Å². The van der Waals surface area contributed by atoms with E-state index in [-0.39, 0.29) is 35.2 Å². The topological polar surface area (TPSA) is 107 Å². The van der Waals surface area contributed by atoms with Gasteiger partial charge in [-0.1, -0.05) is 18.2 Å². The minimum Gasteiger partial charge on any atom is -0.347 e. The fraction of sp³-hybridized carbons (Fsp3) is 0.458. The molecule has 0 radical (unpaired) electrons. The molecule has 1 aliphatic carbocycles. The lowest BCUT2D eigenvalue weighted by molar-refractivity contribution is -0.139. The third-order valence-corrected chi connectivity index (χ3v) is 7.07. The van der Waals surface area contributed by atoms with Crippen LogP contribution in [0.5, 0.6) is 0 Å². The van der Waals surface area contributed by atoms with Gasteiger partial charge < -0.3 is 14.8 Å². The predicted molar refractivity (Wildman–Crippen MR) is 125 cm³/mol. The lowest BCUT2D eigenvalue weighted by Crippen LogP contribution is -2.20. The Morgan fingerprint density at radius 3 is 2.29 bits per heavy atom. The van der Waals surface area contributed by atoms with Crippen LogP contribution >= 0.6 is 0 Å². The summed E-state index contributed by atoms with van der Waals surface area (Å²) in [6, 6.07) is 5.75. The third-order valence-electron chi connectivity index (χ3n) is 5.94. The van der Waals surface area contributed by atoms with Gasteiger partial charge in [0.25, 0.3) is 5.91 Å². The summed E-state index contributed by atoms with van der Waals surface area (Å²) in [4.78, 5) is 21.8. The van der Waals surface area contributed by atoms with Crippen LogP contribution < -0.4 is 5.32 Å². The molecule has 2 aromatic rings. The van der Waals surface area contributed by atoms with Crippen LogP contribution in [0.15, 0.2) is 47.6 Å². The summed E-state index contributed by atoms with van der Waals surface area (Å²) in [6.07, 6.45) is 1.86. The molecule has 11 heteroatoms. The van der Waals surface area contributed by atoms with Crippen LogP contribution in [-0.4, -0.2) is 55.3 Å². The van der Waals surface area contributed by atoms with Gasteiger partial charge in [0.05, 0.1) is 29.6 Å². The Morgan fingerprint density at radius 1 is 1.11 bits per heavy atom. The first-order chi connectivity index (χ1) is 16.4. The highest BCUT2D eigenvalue weighted by Gasteiger charge is 2.35. The molecule has 188 valence electrons. The van der Waals surface area contributed by atoms with Crippen molar-refractivity contribution in [2.45, 2.75) is 55.8 Å². The minimum absolute atomic E-state index is 0.0340. The quantitative estimate of drug-likeness (QED) is 0.593. The molecule has 35 heavy (non-hydrogen) atoms. The Bertz CT molecular complexity index is 1210. The van der Waals surface area contributed by atoms with Crippen LogP contribution in [0, 0.1) is 5.92 Å². The number of ether oxygens (including phenoxy) is 2. The lowest BCUT2D eigenvalue weighted by Gasteiger charge is -2.16. The second-order valence-corrected chi connectivity index (χ2v) is 11.3. The molecule has 2 unspecified atom stereocenters.